The third kappa shape index (κ3) is 2.62. The summed E-state index contributed by atoms with van der Waals surface area (Å²) in [6, 6.07) is 7.02. The lowest BCUT2D eigenvalue weighted by Crippen LogP contribution is -2.48. The van der Waals surface area contributed by atoms with Gasteiger partial charge in [0, 0.05) is 30.5 Å². The molecule has 2 aromatic rings. The molecule has 2 N–H and O–H groups in total. The van der Waals surface area contributed by atoms with E-state index in [9.17, 15) is 5.11 Å². The number of halogens is 1. The van der Waals surface area contributed by atoms with Crippen molar-refractivity contribution in [3.05, 3.63) is 59.1 Å². The van der Waals surface area contributed by atoms with Gasteiger partial charge < -0.3 is 10.4 Å². The van der Waals surface area contributed by atoms with Crippen LogP contribution in [0.25, 0.3) is 0 Å². The number of hydrogen-bond donors (Lipinski definition) is 2. The third-order valence-corrected chi connectivity index (χ3v) is 3.69. The number of nitrogens with one attached hydrogen (secondary N) is 1. The Morgan fingerprint density at radius 2 is 2.00 bits per heavy atom. The molecular weight excluding hydrogens is 288 g/mol. The number of nitrogens with zero attached hydrogens (tertiary/aromatic N) is 3. The van der Waals surface area contributed by atoms with Gasteiger partial charge in [0.2, 0.25) is 0 Å². The summed E-state index contributed by atoms with van der Waals surface area (Å²) in [6.45, 7) is 1.45. The normalized spacial score (nSPS) is 17.5. The van der Waals surface area contributed by atoms with Crippen LogP contribution in [0, 0.1) is 0 Å². The molecule has 0 amide bonds. The lowest BCUT2D eigenvalue weighted by molar-refractivity contribution is 0.144. The van der Waals surface area contributed by atoms with E-state index < -0.39 is 5.60 Å². The third-order valence-electron chi connectivity index (χ3n) is 3.44. The van der Waals surface area contributed by atoms with E-state index in [0.717, 1.165) is 13.0 Å². The lowest BCUT2D eigenvalue weighted by Gasteiger charge is -2.31. The molecule has 1 aliphatic rings. The second-order valence-corrected chi connectivity index (χ2v) is 5.26. The Morgan fingerprint density at radius 1 is 1.19 bits per heavy atom. The molecule has 0 saturated heterocycles. The summed E-state index contributed by atoms with van der Waals surface area (Å²) in [7, 11) is 0. The van der Waals surface area contributed by atoms with E-state index in [1.165, 1.54) is 0 Å². The van der Waals surface area contributed by atoms with Crippen molar-refractivity contribution in [2.24, 2.45) is 4.99 Å². The second-order valence-electron chi connectivity index (χ2n) is 4.82. The molecule has 21 heavy (non-hydrogen) atoms. The topological polar surface area (TPSA) is 70.4 Å². The molecule has 0 radical (unpaired) electrons. The second kappa shape index (κ2) is 5.79. The SMILES string of the molecule is OC(C1=NCCCN1)(c1ccc(Cl)cc1)c1cnccn1. The standard InChI is InChI=1S/C15H15ClN4O/c16-12-4-2-11(3-5-12)15(21,13-10-17-8-9-18-13)14-19-6-1-7-20-14/h2-5,8-10,21H,1,6-7H2,(H,19,20). The van der Waals surface area contributed by atoms with E-state index in [4.69, 9.17) is 11.6 Å². The van der Waals surface area contributed by atoms with Gasteiger partial charge in [-0.1, -0.05) is 23.7 Å². The predicted molar refractivity (Wildman–Crippen MR) is 81.4 cm³/mol. The van der Waals surface area contributed by atoms with Gasteiger partial charge in [-0.3, -0.25) is 15.0 Å². The molecule has 2 heterocycles. The zero-order valence-corrected chi connectivity index (χ0v) is 12.1. The van der Waals surface area contributed by atoms with Crippen molar-refractivity contribution in [2.75, 3.05) is 13.1 Å². The van der Waals surface area contributed by atoms with Crippen LogP contribution in [0.5, 0.6) is 0 Å². The van der Waals surface area contributed by atoms with Crippen molar-refractivity contribution in [1.82, 2.24) is 15.3 Å². The van der Waals surface area contributed by atoms with Crippen LogP contribution in [-0.2, 0) is 5.60 Å². The van der Waals surface area contributed by atoms with Crippen LogP contribution < -0.4 is 5.32 Å². The van der Waals surface area contributed by atoms with Gasteiger partial charge in [-0.15, -0.1) is 0 Å². The van der Waals surface area contributed by atoms with Crippen molar-refractivity contribution >= 4 is 17.4 Å². The monoisotopic (exact) mass is 302 g/mol. The zero-order valence-electron chi connectivity index (χ0n) is 11.3. The lowest BCUT2D eigenvalue weighted by atomic mass is 9.88. The van der Waals surface area contributed by atoms with Crippen LogP contribution >= 0.6 is 11.6 Å². The number of benzene rings is 1. The first-order valence-electron chi connectivity index (χ1n) is 6.75. The van der Waals surface area contributed by atoms with Gasteiger partial charge in [-0.2, -0.15) is 0 Å². The molecule has 0 spiro atoms. The summed E-state index contributed by atoms with van der Waals surface area (Å²) in [5.74, 6) is 0.497. The highest BCUT2D eigenvalue weighted by Crippen LogP contribution is 2.30. The fourth-order valence-corrected chi connectivity index (χ4v) is 2.48. The van der Waals surface area contributed by atoms with Gasteiger partial charge in [0.25, 0.3) is 0 Å². The number of aliphatic hydroxyl groups is 1. The minimum atomic E-state index is -1.45. The molecule has 5 nitrogen and oxygen atoms in total. The zero-order chi connectivity index (χ0) is 14.7. The highest BCUT2D eigenvalue weighted by atomic mass is 35.5. The fourth-order valence-electron chi connectivity index (χ4n) is 2.36. The van der Waals surface area contributed by atoms with Crippen LogP contribution in [0.1, 0.15) is 17.7 Å². The van der Waals surface area contributed by atoms with Crippen LogP contribution in [0.2, 0.25) is 5.02 Å². The van der Waals surface area contributed by atoms with E-state index in [2.05, 4.69) is 20.3 Å². The minimum absolute atomic E-state index is 0.431. The molecule has 0 fully saturated rings. The first-order chi connectivity index (χ1) is 10.2. The van der Waals surface area contributed by atoms with E-state index in [1.807, 2.05) is 0 Å². The Balaban J connectivity index is 2.14. The van der Waals surface area contributed by atoms with Crippen molar-refractivity contribution in [3.8, 4) is 0 Å². The molecule has 1 aromatic carbocycles. The molecule has 1 atom stereocenters. The molecule has 1 aromatic heterocycles. The van der Waals surface area contributed by atoms with E-state index in [0.29, 0.717) is 28.7 Å². The highest BCUT2D eigenvalue weighted by Gasteiger charge is 2.40. The Hall–Kier alpha value is -1.98. The number of aliphatic imine (C=N–C) groups is 1. The average molecular weight is 303 g/mol. The Kier molecular flexibility index (Phi) is 3.86. The molecule has 0 saturated carbocycles. The summed E-state index contributed by atoms with van der Waals surface area (Å²) in [5.41, 5.74) is -0.361. The van der Waals surface area contributed by atoms with Crippen LogP contribution in [0.4, 0.5) is 0 Å². The number of amidine groups is 1. The summed E-state index contributed by atoms with van der Waals surface area (Å²) < 4.78 is 0. The first kappa shape index (κ1) is 14.0. The Labute approximate surface area is 127 Å². The van der Waals surface area contributed by atoms with E-state index in [1.54, 1.807) is 42.9 Å². The fraction of sp³-hybridized carbons (Fsp3) is 0.267. The van der Waals surface area contributed by atoms with Crippen molar-refractivity contribution < 1.29 is 5.11 Å². The number of hydrogen-bond acceptors (Lipinski definition) is 5. The van der Waals surface area contributed by atoms with Gasteiger partial charge in [-0.05, 0) is 24.1 Å². The minimum Gasteiger partial charge on any atom is -0.372 e. The maximum atomic E-state index is 11.3. The summed E-state index contributed by atoms with van der Waals surface area (Å²) in [6.07, 6.45) is 5.62. The van der Waals surface area contributed by atoms with E-state index in [-0.39, 0.29) is 0 Å². The Bertz CT molecular complexity index is 644. The quantitative estimate of drug-likeness (QED) is 0.906. The maximum Gasteiger partial charge on any atom is 0.190 e. The Morgan fingerprint density at radius 3 is 2.62 bits per heavy atom. The maximum absolute atomic E-state index is 11.3. The highest BCUT2D eigenvalue weighted by molar-refractivity contribution is 6.30. The van der Waals surface area contributed by atoms with Crippen molar-refractivity contribution in [2.45, 2.75) is 12.0 Å². The molecule has 1 aliphatic heterocycles. The van der Waals surface area contributed by atoms with Gasteiger partial charge in [0.15, 0.2) is 5.60 Å². The molecule has 3 rings (SSSR count). The summed E-state index contributed by atoms with van der Waals surface area (Å²) in [4.78, 5) is 12.7. The molecule has 6 heteroatoms. The predicted octanol–water partition coefficient (Wildman–Crippen LogP) is 1.76. The van der Waals surface area contributed by atoms with Gasteiger partial charge in [-0.25, -0.2) is 0 Å². The number of rotatable bonds is 3. The van der Waals surface area contributed by atoms with Crippen LogP contribution in [0.3, 0.4) is 0 Å². The first-order valence-corrected chi connectivity index (χ1v) is 7.13. The molecule has 0 aliphatic carbocycles. The smallest absolute Gasteiger partial charge is 0.190 e. The summed E-state index contributed by atoms with van der Waals surface area (Å²) >= 11 is 5.94. The van der Waals surface area contributed by atoms with Crippen LogP contribution in [0.15, 0.2) is 47.8 Å². The van der Waals surface area contributed by atoms with E-state index >= 15 is 0 Å². The van der Waals surface area contributed by atoms with Crippen molar-refractivity contribution in [3.63, 3.8) is 0 Å². The summed E-state index contributed by atoms with van der Waals surface area (Å²) in [5, 5.41) is 15.1. The largest absolute Gasteiger partial charge is 0.372 e. The van der Waals surface area contributed by atoms with Gasteiger partial charge in [0.1, 0.15) is 11.5 Å². The van der Waals surface area contributed by atoms with Gasteiger partial charge in [0.05, 0.1) is 6.20 Å². The molecule has 0 bridgehead atoms. The van der Waals surface area contributed by atoms with Crippen molar-refractivity contribution in [1.29, 1.82) is 0 Å². The molecule has 108 valence electrons. The average Bonchev–Trinajstić information content (AvgIpc) is 2.56. The number of aromatic nitrogens is 2. The molecule has 1 unspecified atom stereocenters. The van der Waals surface area contributed by atoms with Crippen LogP contribution in [-0.4, -0.2) is 34.0 Å². The molecular formula is C15H15ClN4O. The van der Waals surface area contributed by atoms with Gasteiger partial charge >= 0.3 is 0 Å².